The SMILES string of the molecule is COc1cc(N=Cc2c(O)[nH]c(=S)[nH]c2=O)c(OC)cc1Cl. The van der Waals surface area contributed by atoms with E-state index in [2.05, 4.69) is 15.0 Å². The van der Waals surface area contributed by atoms with Crippen molar-refractivity contribution in [1.29, 1.82) is 0 Å². The molecular formula is C13H12ClN3O4S. The van der Waals surface area contributed by atoms with Gasteiger partial charge in [-0.2, -0.15) is 0 Å². The zero-order valence-electron chi connectivity index (χ0n) is 11.6. The van der Waals surface area contributed by atoms with Crippen LogP contribution in [0.1, 0.15) is 5.56 Å². The number of rotatable bonds is 4. The highest BCUT2D eigenvalue weighted by molar-refractivity contribution is 7.71. The van der Waals surface area contributed by atoms with E-state index in [1.165, 1.54) is 26.5 Å². The van der Waals surface area contributed by atoms with Crippen molar-refractivity contribution in [2.24, 2.45) is 4.99 Å². The van der Waals surface area contributed by atoms with Crippen LogP contribution in [0.2, 0.25) is 5.02 Å². The minimum absolute atomic E-state index is 0.0189. The van der Waals surface area contributed by atoms with Crippen LogP contribution in [0.15, 0.2) is 21.9 Å². The Morgan fingerprint density at radius 1 is 1.27 bits per heavy atom. The first-order valence-corrected chi connectivity index (χ1v) is 6.76. The van der Waals surface area contributed by atoms with Gasteiger partial charge in [0.05, 0.1) is 19.2 Å². The molecule has 2 rings (SSSR count). The highest BCUT2D eigenvalue weighted by Crippen LogP contribution is 2.37. The van der Waals surface area contributed by atoms with E-state index in [-0.39, 0.29) is 16.2 Å². The quantitative estimate of drug-likeness (QED) is 0.586. The lowest BCUT2D eigenvalue weighted by molar-refractivity contribution is 0.404. The van der Waals surface area contributed by atoms with Crippen molar-refractivity contribution in [2.75, 3.05) is 14.2 Å². The first-order valence-electron chi connectivity index (χ1n) is 5.97. The maximum atomic E-state index is 11.7. The van der Waals surface area contributed by atoms with E-state index in [4.69, 9.17) is 33.3 Å². The van der Waals surface area contributed by atoms with Crippen LogP contribution < -0.4 is 15.0 Å². The monoisotopic (exact) mass is 341 g/mol. The molecule has 1 heterocycles. The molecule has 9 heteroatoms. The van der Waals surface area contributed by atoms with Crippen molar-refractivity contribution >= 4 is 35.7 Å². The van der Waals surface area contributed by atoms with Crippen molar-refractivity contribution in [3.63, 3.8) is 0 Å². The fraction of sp³-hybridized carbons (Fsp3) is 0.154. The number of aromatic amines is 2. The molecule has 0 fully saturated rings. The average Bonchev–Trinajstić information content (AvgIpc) is 2.46. The predicted molar refractivity (Wildman–Crippen MR) is 85.7 cm³/mol. The summed E-state index contributed by atoms with van der Waals surface area (Å²) in [4.78, 5) is 20.6. The summed E-state index contributed by atoms with van der Waals surface area (Å²) in [5.74, 6) is 0.416. The number of hydrogen-bond acceptors (Lipinski definition) is 6. The molecule has 116 valence electrons. The number of H-pyrrole nitrogens is 2. The Kier molecular flexibility index (Phi) is 4.84. The van der Waals surface area contributed by atoms with Gasteiger partial charge < -0.3 is 19.6 Å². The average molecular weight is 342 g/mol. The van der Waals surface area contributed by atoms with Gasteiger partial charge in [-0.3, -0.25) is 14.8 Å². The number of aromatic nitrogens is 2. The number of halogens is 1. The molecule has 0 saturated heterocycles. The molecule has 0 aliphatic rings. The van der Waals surface area contributed by atoms with Gasteiger partial charge in [0, 0.05) is 18.3 Å². The van der Waals surface area contributed by atoms with Crippen molar-refractivity contribution in [3.05, 3.63) is 37.8 Å². The second-order valence-electron chi connectivity index (χ2n) is 4.09. The Hall–Kier alpha value is -2.32. The van der Waals surface area contributed by atoms with Crippen LogP contribution in [0.25, 0.3) is 0 Å². The number of benzene rings is 1. The number of nitrogens with one attached hydrogen (secondary N) is 2. The maximum Gasteiger partial charge on any atom is 0.264 e. The van der Waals surface area contributed by atoms with E-state index in [0.29, 0.717) is 22.2 Å². The van der Waals surface area contributed by atoms with Crippen molar-refractivity contribution in [3.8, 4) is 17.4 Å². The summed E-state index contributed by atoms with van der Waals surface area (Å²) in [5, 5.41) is 10.1. The molecule has 0 atom stereocenters. The van der Waals surface area contributed by atoms with Gasteiger partial charge in [0.15, 0.2) is 4.77 Å². The number of hydrogen-bond donors (Lipinski definition) is 3. The van der Waals surface area contributed by atoms with E-state index < -0.39 is 5.56 Å². The smallest absolute Gasteiger partial charge is 0.264 e. The third-order valence-electron chi connectivity index (χ3n) is 2.74. The molecule has 0 aliphatic carbocycles. The predicted octanol–water partition coefficient (Wildman–Crippen LogP) is 2.56. The van der Waals surface area contributed by atoms with Crippen LogP contribution in [0.5, 0.6) is 17.4 Å². The number of aliphatic imine (C=N–C) groups is 1. The van der Waals surface area contributed by atoms with E-state index in [1.54, 1.807) is 6.07 Å². The molecule has 3 N–H and O–H groups in total. The fourth-order valence-electron chi connectivity index (χ4n) is 1.68. The lowest BCUT2D eigenvalue weighted by Crippen LogP contribution is -2.13. The van der Waals surface area contributed by atoms with E-state index >= 15 is 0 Å². The second kappa shape index (κ2) is 6.63. The molecule has 0 spiro atoms. The summed E-state index contributed by atoms with van der Waals surface area (Å²) in [5.41, 5.74) is -0.250. The molecule has 0 amide bonds. The largest absolute Gasteiger partial charge is 0.495 e. The third-order valence-corrected chi connectivity index (χ3v) is 3.24. The lowest BCUT2D eigenvalue weighted by Gasteiger charge is -2.08. The highest BCUT2D eigenvalue weighted by Gasteiger charge is 2.10. The highest BCUT2D eigenvalue weighted by atomic mass is 35.5. The third kappa shape index (κ3) is 3.29. The summed E-state index contributed by atoms with van der Waals surface area (Å²) in [6, 6.07) is 3.09. The van der Waals surface area contributed by atoms with E-state index in [0.717, 1.165) is 0 Å². The summed E-state index contributed by atoms with van der Waals surface area (Å²) < 4.78 is 10.3. The Morgan fingerprint density at radius 3 is 2.55 bits per heavy atom. The molecule has 1 aromatic carbocycles. The van der Waals surface area contributed by atoms with Gasteiger partial charge in [0.25, 0.3) is 5.56 Å². The summed E-state index contributed by atoms with van der Waals surface area (Å²) >= 11 is 10.7. The molecule has 22 heavy (non-hydrogen) atoms. The Morgan fingerprint density at radius 2 is 1.95 bits per heavy atom. The molecule has 0 aliphatic heterocycles. The zero-order valence-corrected chi connectivity index (χ0v) is 13.2. The zero-order chi connectivity index (χ0) is 16.3. The van der Waals surface area contributed by atoms with E-state index in [1.807, 2.05) is 0 Å². The van der Waals surface area contributed by atoms with Gasteiger partial charge in [-0.05, 0) is 12.2 Å². The normalized spacial score (nSPS) is 10.9. The summed E-state index contributed by atoms with van der Waals surface area (Å²) in [6.07, 6.45) is 1.19. The first-order chi connectivity index (χ1) is 10.5. The minimum Gasteiger partial charge on any atom is -0.495 e. The molecule has 0 saturated carbocycles. The molecule has 0 bridgehead atoms. The maximum absolute atomic E-state index is 11.7. The van der Waals surface area contributed by atoms with Crippen LogP contribution in [-0.4, -0.2) is 35.5 Å². The second-order valence-corrected chi connectivity index (χ2v) is 4.90. The molecule has 0 radical (unpaired) electrons. The number of ether oxygens (including phenoxy) is 2. The summed E-state index contributed by atoms with van der Waals surface area (Å²) in [7, 11) is 2.93. The van der Waals surface area contributed by atoms with Crippen LogP contribution in [0, 0.1) is 4.77 Å². The molecule has 1 aromatic heterocycles. The Labute approximate surface area is 135 Å². The topological polar surface area (TPSA) is 99.7 Å². The number of aromatic hydroxyl groups is 1. The van der Waals surface area contributed by atoms with Gasteiger partial charge in [-0.15, -0.1) is 0 Å². The Balaban J connectivity index is 2.51. The summed E-state index contributed by atoms with van der Waals surface area (Å²) in [6.45, 7) is 0. The Bertz CT molecular complexity index is 844. The molecule has 7 nitrogen and oxygen atoms in total. The standard InChI is InChI=1S/C13H12ClN3O4S/c1-20-9-4-8(10(21-2)3-7(9)14)15-5-6-11(18)16-13(22)17-12(6)19/h3-5H,1-2H3,(H3,16,17,18,19,22). The van der Waals surface area contributed by atoms with Crippen molar-refractivity contribution < 1.29 is 14.6 Å². The molecule has 2 aromatic rings. The van der Waals surface area contributed by atoms with Crippen LogP contribution in [0.3, 0.4) is 0 Å². The van der Waals surface area contributed by atoms with Gasteiger partial charge >= 0.3 is 0 Å². The fourth-order valence-corrected chi connectivity index (χ4v) is 2.10. The van der Waals surface area contributed by atoms with Crippen LogP contribution in [-0.2, 0) is 0 Å². The van der Waals surface area contributed by atoms with E-state index in [9.17, 15) is 9.90 Å². The lowest BCUT2D eigenvalue weighted by atomic mass is 10.2. The van der Waals surface area contributed by atoms with Crippen molar-refractivity contribution in [2.45, 2.75) is 0 Å². The van der Waals surface area contributed by atoms with Gasteiger partial charge in [0.2, 0.25) is 5.88 Å². The first kappa shape index (κ1) is 16.1. The number of nitrogens with zero attached hydrogens (tertiary/aromatic N) is 1. The van der Waals surface area contributed by atoms with Crippen molar-refractivity contribution in [1.82, 2.24) is 9.97 Å². The van der Waals surface area contributed by atoms with Gasteiger partial charge in [-0.25, -0.2) is 0 Å². The minimum atomic E-state index is -0.565. The number of methoxy groups -OCH3 is 2. The van der Waals surface area contributed by atoms with Crippen LogP contribution in [0.4, 0.5) is 5.69 Å². The molecule has 0 unspecified atom stereocenters. The van der Waals surface area contributed by atoms with Gasteiger partial charge in [-0.1, -0.05) is 11.6 Å². The van der Waals surface area contributed by atoms with Gasteiger partial charge in [0.1, 0.15) is 22.7 Å². The molecular weight excluding hydrogens is 330 g/mol. The van der Waals surface area contributed by atoms with Crippen LogP contribution >= 0.6 is 23.8 Å².